The van der Waals surface area contributed by atoms with Crippen molar-refractivity contribution in [3.05, 3.63) is 114 Å². The highest BCUT2D eigenvalue weighted by Gasteiger charge is 2.38. The number of fused-ring (bicyclic) bond motifs is 3. The van der Waals surface area contributed by atoms with Crippen LogP contribution in [-0.2, 0) is 10.0 Å². The minimum atomic E-state index is -4.24. The van der Waals surface area contributed by atoms with E-state index in [1.54, 1.807) is 48.7 Å². The van der Waals surface area contributed by atoms with Crippen LogP contribution in [0.2, 0.25) is 0 Å². The van der Waals surface area contributed by atoms with Gasteiger partial charge in [-0.15, -0.1) is 0 Å². The van der Waals surface area contributed by atoms with Gasteiger partial charge in [-0.2, -0.15) is 4.39 Å². The van der Waals surface area contributed by atoms with Crippen LogP contribution in [0.5, 0.6) is 11.6 Å². The number of benzene rings is 3. The monoisotopic (exact) mass is 626 g/mol. The molecule has 0 spiro atoms. The van der Waals surface area contributed by atoms with Gasteiger partial charge in [0.05, 0.1) is 16.9 Å². The summed E-state index contributed by atoms with van der Waals surface area (Å²) in [4.78, 5) is 13.1. The normalized spacial score (nSPS) is 16.1. The van der Waals surface area contributed by atoms with Crippen molar-refractivity contribution in [2.45, 2.75) is 24.1 Å². The molecule has 1 fully saturated rings. The molecule has 2 aromatic heterocycles. The summed E-state index contributed by atoms with van der Waals surface area (Å²) in [5.74, 6) is -2.81. The van der Waals surface area contributed by atoms with Gasteiger partial charge in [-0.25, -0.2) is 27.8 Å². The molecule has 7 rings (SSSR count). The molecule has 1 aliphatic carbocycles. The molecule has 1 saturated heterocycles. The number of aromatic nitrogens is 3. The van der Waals surface area contributed by atoms with Crippen LogP contribution in [0.1, 0.15) is 29.2 Å². The summed E-state index contributed by atoms with van der Waals surface area (Å²) in [6, 6.07) is 21.8. The fraction of sp³-hybridized carbons (Fsp3) is 0.182. The summed E-state index contributed by atoms with van der Waals surface area (Å²) >= 11 is 0. The van der Waals surface area contributed by atoms with Crippen LogP contribution in [0.25, 0.3) is 22.4 Å². The van der Waals surface area contributed by atoms with Gasteiger partial charge < -0.3 is 15.4 Å². The van der Waals surface area contributed by atoms with Crippen molar-refractivity contribution in [3.8, 4) is 34.0 Å². The van der Waals surface area contributed by atoms with E-state index < -0.39 is 38.3 Å². The second-order valence-electron chi connectivity index (χ2n) is 10.9. The number of ether oxygens (including phenoxy) is 1. The molecule has 0 saturated carbocycles. The fourth-order valence-corrected chi connectivity index (χ4v) is 7.51. The molecule has 3 aromatic carbocycles. The van der Waals surface area contributed by atoms with Crippen LogP contribution >= 0.6 is 0 Å². The summed E-state index contributed by atoms with van der Waals surface area (Å²) in [5.41, 5.74) is 3.06. The first-order valence-corrected chi connectivity index (χ1v) is 16.0. The minimum absolute atomic E-state index is 0.00714. The first kappa shape index (κ1) is 28.8. The topological polar surface area (TPSA) is 118 Å². The standard InChI is InChI=1S/C33H28F2N6O3S/c34-29-27(41-45(42,43)31-23-10-3-1-8-21(23)22-9-2-4-11-24(22)31)13-14-28(30(29)35)44-32-25(12-6-17-37-32)26-15-18-38-33(40-26)39-20-7-5-16-36-19-20/h1-4,6,8-15,17-18,20,31,36,41H,5,7,16,19H2,(H,38,39,40)/t20-/m0/s1. The lowest BCUT2D eigenvalue weighted by atomic mass is 10.1. The summed E-state index contributed by atoms with van der Waals surface area (Å²) < 4.78 is 66.2. The SMILES string of the molecule is O=S(=O)(Nc1ccc(Oc2ncccc2-c2ccnc(N[C@H]3CCCNC3)n2)c(F)c1F)C1c2ccccc2-c2ccccc21. The van der Waals surface area contributed by atoms with Crippen molar-refractivity contribution in [1.29, 1.82) is 0 Å². The van der Waals surface area contributed by atoms with E-state index >= 15 is 8.78 Å². The maximum absolute atomic E-state index is 15.4. The van der Waals surface area contributed by atoms with Gasteiger partial charge in [0.2, 0.25) is 27.7 Å². The van der Waals surface area contributed by atoms with Gasteiger partial charge in [0.1, 0.15) is 5.25 Å². The van der Waals surface area contributed by atoms with Gasteiger partial charge in [-0.05, 0) is 72.0 Å². The molecule has 2 aliphatic rings. The van der Waals surface area contributed by atoms with Crippen molar-refractivity contribution in [2.24, 2.45) is 0 Å². The third-order valence-corrected chi connectivity index (χ3v) is 9.56. The quantitative estimate of drug-likeness (QED) is 0.184. The van der Waals surface area contributed by atoms with Crippen LogP contribution in [-0.4, -0.2) is 42.5 Å². The molecule has 0 radical (unpaired) electrons. The minimum Gasteiger partial charge on any atom is -0.435 e. The average Bonchev–Trinajstić information content (AvgIpc) is 3.41. The molecule has 5 aromatic rings. The molecule has 228 valence electrons. The Kier molecular flexibility index (Phi) is 7.60. The molecule has 0 bridgehead atoms. The maximum Gasteiger partial charge on any atom is 0.244 e. The van der Waals surface area contributed by atoms with E-state index in [0.717, 1.165) is 49.2 Å². The second-order valence-corrected chi connectivity index (χ2v) is 12.6. The number of hydrogen-bond donors (Lipinski definition) is 3. The van der Waals surface area contributed by atoms with E-state index in [9.17, 15) is 8.42 Å². The number of sulfonamides is 1. The molecule has 1 aliphatic heterocycles. The van der Waals surface area contributed by atoms with E-state index in [0.29, 0.717) is 28.3 Å². The van der Waals surface area contributed by atoms with Crippen molar-refractivity contribution >= 4 is 21.7 Å². The molecular weight excluding hydrogens is 598 g/mol. The van der Waals surface area contributed by atoms with Crippen molar-refractivity contribution in [2.75, 3.05) is 23.1 Å². The zero-order chi connectivity index (χ0) is 31.0. The Labute approximate surface area is 258 Å². The summed E-state index contributed by atoms with van der Waals surface area (Å²) in [7, 11) is -4.24. The van der Waals surface area contributed by atoms with Crippen LogP contribution in [0.4, 0.5) is 20.4 Å². The van der Waals surface area contributed by atoms with Gasteiger partial charge in [-0.1, -0.05) is 48.5 Å². The predicted molar refractivity (Wildman–Crippen MR) is 167 cm³/mol. The molecule has 0 unspecified atom stereocenters. The largest absolute Gasteiger partial charge is 0.435 e. The van der Waals surface area contributed by atoms with Gasteiger partial charge in [0.25, 0.3) is 0 Å². The Bertz CT molecular complexity index is 1960. The van der Waals surface area contributed by atoms with Crippen molar-refractivity contribution in [1.82, 2.24) is 20.3 Å². The van der Waals surface area contributed by atoms with E-state index in [2.05, 4.69) is 30.3 Å². The third kappa shape index (κ3) is 5.58. The Morgan fingerprint density at radius 2 is 1.56 bits per heavy atom. The highest BCUT2D eigenvalue weighted by molar-refractivity contribution is 7.93. The second kappa shape index (κ2) is 11.9. The lowest BCUT2D eigenvalue weighted by Gasteiger charge is -2.23. The molecule has 1 atom stereocenters. The number of anilines is 2. The maximum atomic E-state index is 15.4. The highest BCUT2D eigenvalue weighted by Crippen LogP contribution is 2.47. The smallest absolute Gasteiger partial charge is 0.244 e. The van der Waals surface area contributed by atoms with Crippen LogP contribution in [0.3, 0.4) is 0 Å². The van der Waals surface area contributed by atoms with Gasteiger partial charge in [0.15, 0.2) is 11.6 Å². The Balaban J connectivity index is 1.14. The molecular formula is C33H28F2N6O3S. The molecule has 3 N–H and O–H groups in total. The number of rotatable bonds is 8. The van der Waals surface area contributed by atoms with E-state index in [-0.39, 0.29) is 11.9 Å². The van der Waals surface area contributed by atoms with Crippen LogP contribution in [0.15, 0.2) is 91.3 Å². The summed E-state index contributed by atoms with van der Waals surface area (Å²) in [5, 5.41) is 5.56. The number of nitrogens with one attached hydrogen (secondary N) is 3. The van der Waals surface area contributed by atoms with Gasteiger partial charge in [0, 0.05) is 25.0 Å². The number of hydrogen-bond acceptors (Lipinski definition) is 8. The number of pyridine rings is 1. The van der Waals surface area contributed by atoms with Crippen molar-refractivity contribution in [3.63, 3.8) is 0 Å². The Hall–Kier alpha value is -4.94. The third-order valence-electron chi connectivity index (χ3n) is 7.93. The van der Waals surface area contributed by atoms with Crippen LogP contribution < -0.4 is 20.1 Å². The summed E-state index contributed by atoms with van der Waals surface area (Å²) in [6.07, 6.45) is 5.09. The molecule has 12 heteroatoms. The average molecular weight is 627 g/mol. The highest BCUT2D eigenvalue weighted by atomic mass is 32.2. The lowest BCUT2D eigenvalue weighted by Crippen LogP contribution is -2.38. The number of halogens is 2. The fourth-order valence-electron chi connectivity index (χ4n) is 5.85. The molecule has 45 heavy (non-hydrogen) atoms. The van der Waals surface area contributed by atoms with E-state index in [1.807, 2.05) is 24.3 Å². The molecule has 9 nitrogen and oxygen atoms in total. The molecule has 0 amide bonds. The predicted octanol–water partition coefficient (Wildman–Crippen LogP) is 6.28. The van der Waals surface area contributed by atoms with Crippen LogP contribution in [0, 0.1) is 11.6 Å². The summed E-state index contributed by atoms with van der Waals surface area (Å²) in [6.45, 7) is 1.77. The van der Waals surface area contributed by atoms with E-state index in [1.165, 1.54) is 6.20 Å². The van der Waals surface area contributed by atoms with Crippen molar-refractivity contribution < 1.29 is 21.9 Å². The first-order valence-electron chi connectivity index (χ1n) is 14.5. The first-order chi connectivity index (χ1) is 21.9. The zero-order valence-corrected chi connectivity index (χ0v) is 24.7. The Morgan fingerprint density at radius 3 is 2.29 bits per heavy atom. The lowest BCUT2D eigenvalue weighted by molar-refractivity contribution is 0.407. The zero-order valence-electron chi connectivity index (χ0n) is 23.9. The number of nitrogens with zero attached hydrogens (tertiary/aromatic N) is 3. The Morgan fingerprint density at radius 1 is 0.822 bits per heavy atom. The van der Waals surface area contributed by atoms with Gasteiger partial charge >= 0.3 is 0 Å². The number of piperidine rings is 1. The van der Waals surface area contributed by atoms with E-state index in [4.69, 9.17) is 4.74 Å². The van der Waals surface area contributed by atoms with Gasteiger partial charge in [-0.3, -0.25) is 4.72 Å². The molecule has 3 heterocycles.